The van der Waals surface area contributed by atoms with E-state index in [4.69, 9.17) is 0 Å². The molecule has 0 unspecified atom stereocenters. The highest BCUT2D eigenvalue weighted by Crippen LogP contribution is 2.09. The van der Waals surface area contributed by atoms with E-state index >= 15 is 0 Å². The van der Waals surface area contributed by atoms with Crippen molar-refractivity contribution in [3.05, 3.63) is 35.4 Å². The second-order valence-electron chi connectivity index (χ2n) is 7.22. The van der Waals surface area contributed by atoms with Crippen molar-refractivity contribution >= 4 is 15.9 Å². The third-order valence-corrected chi connectivity index (χ3v) is 6.80. The van der Waals surface area contributed by atoms with Crippen molar-refractivity contribution in [1.82, 2.24) is 14.5 Å². The topological polar surface area (TPSA) is 69.7 Å². The van der Waals surface area contributed by atoms with E-state index in [0.29, 0.717) is 39.1 Å². The van der Waals surface area contributed by atoms with Crippen LogP contribution in [0, 0.1) is 6.92 Å². The second kappa shape index (κ2) is 10.8. The normalized spacial score (nSPS) is 15.6. The molecule has 27 heavy (non-hydrogen) atoms. The minimum atomic E-state index is -3.32. The van der Waals surface area contributed by atoms with Gasteiger partial charge in [0.15, 0.2) is 0 Å². The third kappa shape index (κ3) is 7.24. The van der Waals surface area contributed by atoms with Crippen molar-refractivity contribution < 1.29 is 13.2 Å². The van der Waals surface area contributed by atoms with Gasteiger partial charge in [0.05, 0.1) is 12.2 Å². The van der Waals surface area contributed by atoms with Crippen molar-refractivity contribution in [3.63, 3.8) is 0 Å². The summed E-state index contributed by atoms with van der Waals surface area (Å²) in [6.45, 7) is 7.41. The molecule has 0 atom stereocenters. The Morgan fingerprint density at radius 1 is 1.11 bits per heavy atom. The highest BCUT2D eigenvalue weighted by Gasteiger charge is 2.25. The maximum atomic E-state index is 12.8. The molecule has 152 valence electrons. The number of amides is 1. The van der Waals surface area contributed by atoms with E-state index < -0.39 is 10.0 Å². The molecule has 0 radical (unpaired) electrons. The molecule has 1 heterocycles. The van der Waals surface area contributed by atoms with Crippen LogP contribution in [0.1, 0.15) is 37.3 Å². The van der Waals surface area contributed by atoms with Crippen LogP contribution in [0.25, 0.3) is 0 Å². The lowest BCUT2D eigenvalue weighted by molar-refractivity contribution is -0.130. The average molecular weight is 396 g/mol. The molecule has 1 aromatic carbocycles. The molecular formula is C20H33N3O3S. The summed E-state index contributed by atoms with van der Waals surface area (Å²) in [6, 6.07) is 7.93. The summed E-state index contributed by atoms with van der Waals surface area (Å²) in [5.41, 5.74) is 2.13. The first-order valence-corrected chi connectivity index (χ1v) is 11.5. The van der Waals surface area contributed by atoms with E-state index in [-0.39, 0.29) is 18.2 Å². The molecule has 0 aromatic heterocycles. The number of carbonyl (C=O) groups is 1. The minimum Gasteiger partial charge on any atom is -0.341 e. The number of hydrogen-bond acceptors (Lipinski definition) is 4. The fourth-order valence-electron chi connectivity index (χ4n) is 3.18. The molecule has 7 heteroatoms. The van der Waals surface area contributed by atoms with Crippen LogP contribution in [0.5, 0.6) is 0 Å². The van der Waals surface area contributed by atoms with E-state index in [1.165, 1.54) is 4.31 Å². The summed E-state index contributed by atoms with van der Waals surface area (Å²) in [5.74, 6) is 0.00383. The Morgan fingerprint density at radius 3 is 2.41 bits per heavy atom. The van der Waals surface area contributed by atoms with Gasteiger partial charge in [0.1, 0.15) is 0 Å². The van der Waals surface area contributed by atoms with E-state index in [0.717, 1.165) is 30.4 Å². The molecule has 0 bridgehead atoms. The predicted molar refractivity (Wildman–Crippen MR) is 109 cm³/mol. The zero-order valence-electron chi connectivity index (χ0n) is 16.6. The van der Waals surface area contributed by atoms with E-state index in [1.807, 2.05) is 31.2 Å². The van der Waals surface area contributed by atoms with Gasteiger partial charge in [-0.05, 0) is 18.9 Å². The number of unbranched alkanes of at least 4 members (excludes halogenated alkanes) is 2. The van der Waals surface area contributed by atoms with E-state index in [1.54, 1.807) is 4.90 Å². The van der Waals surface area contributed by atoms with Gasteiger partial charge < -0.3 is 10.2 Å². The molecule has 1 saturated heterocycles. The lowest BCUT2D eigenvalue weighted by atomic mass is 10.1. The zero-order chi connectivity index (χ0) is 19.7. The standard InChI is InChI=1S/C20H33N3O3S/c1-3-4-5-12-22(20(24)17-19-8-6-18(2)7-9-19)15-16-27(25,26)23-13-10-21-11-14-23/h6-9,21H,3-5,10-17H2,1-2H3. The summed E-state index contributed by atoms with van der Waals surface area (Å²) in [6.07, 6.45) is 3.34. The van der Waals surface area contributed by atoms with Gasteiger partial charge in [-0.3, -0.25) is 4.79 Å². The molecule has 1 N–H and O–H groups in total. The van der Waals surface area contributed by atoms with Crippen LogP contribution >= 0.6 is 0 Å². The molecular weight excluding hydrogens is 362 g/mol. The number of carbonyl (C=O) groups excluding carboxylic acids is 1. The Balaban J connectivity index is 1.97. The number of aryl methyl sites for hydroxylation is 1. The second-order valence-corrected chi connectivity index (χ2v) is 9.30. The number of hydrogen-bond donors (Lipinski definition) is 1. The highest BCUT2D eigenvalue weighted by atomic mass is 32.2. The molecule has 1 amide bonds. The van der Waals surface area contributed by atoms with Crippen molar-refractivity contribution in [2.45, 2.75) is 39.5 Å². The molecule has 0 saturated carbocycles. The molecule has 0 aliphatic carbocycles. The molecule has 6 nitrogen and oxygen atoms in total. The van der Waals surface area contributed by atoms with Crippen LogP contribution in [-0.2, 0) is 21.2 Å². The van der Waals surface area contributed by atoms with Gasteiger partial charge in [0.2, 0.25) is 15.9 Å². The Kier molecular flexibility index (Phi) is 8.73. The van der Waals surface area contributed by atoms with E-state index in [2.05, 4.69) is 12.2 Å². The smallest absolute Gasteiger partial charge is 0.227 e. The van der Waals surface area contributed by atoms with Gasteiger partial charge in [-0.25, -0.2) is 8.42 Å². The number of rotatable bonds is 10. The lowest BCUT2D eigenvalue weighted by Gasteiger charge is -2.28. The van der Waals surface area contributed by atoms with Crippen molar-refractivity contribution in [2.75, 3.05) is 45.0 Å². The molecule has 2 rings (SSSR count). The van der Waals surface area contributed by atoms with Gasteiger partial charge in [0, 0.05) is 39.3 Å². The SMILES string of the molecule is CCCCCN(CCS(=O)(=O)N1CCNCC1)C(=O)Cc1ccc(C)cc1. The van der Waals surface area contributed by atoms with Gasteiger partial charge in [-0.1, -0.05) is 49.6 Å². The minimum absolute atomic E-state index is 0.00123. The number of nitrogens with zero attached hydrogens (tertiary/aromatic N) is 2. The average Bonchev–Trinajstić information content (AvgIpc) is 2.67. The number of piperazine rings is 1. The van der Waals surface area contributed by atoms with Crippen LogP contribution in [0.3, 0.4) is 0 Å². The first-order valence-electron chi connectivity index (χ1n) is 9.94. The van der Waals surface area contributed by atoms with E-state index in [9.17, 15) is 13.2 Å². The van der Waals surface area contributed by atoms with Crippen LogP contribution < -0.4 is 5.32 Å². The third-order valence-electron chi connectivity index (χ3n) is 4.95. The van der Waals surface area contributed by atoms with Crippen LogP contribution in [0.15, 0.2) is 24.3 Å². The zero-order valence-corrected chi connectivity index (χ0v) is 17.4. The number of nitrogens with one attached hydrogen (secondary N) is 1. The summed E-state index contributed by atoms with van der Waals surface area (Å²) in [7, 11) is -3.32. The Bertz CT molecular complexity index is 683. The predicted octanol–water partition coefficient (Wildman–Crippen LogP) is 1.79. The van der Waals surface area contributed by atoms with Gasteiger partial charge in [-0.2, -0.15) is 4.31 Å². The van der Waals surface area contributed by atoms with Crippen LogP contribution in [0.4, 0.5) is 0 Å². The quantitative estimate of drug-likeness (QED) is 0.613. The van der Waals surface area contributed by atoms with Gasteiger partial charge in [-0.15, -0.1) is 0 Å². The van der Waals surface area contributed by atoms with Crippen LogP contribution in [-0.4, -0.2) is 68.6 Å². The van der Waals surface area contributed by atoms with Crippen molar-refractivity contribution in [2.24, 2.45) is 0 Å². The first kappa shape index (κ1) is 21.9. The molecule has 1 fully saturated rings. The summed E-state index contributed by atoms with van der Waals surface area (Å²) >= 11 is 0. The van der Waals surface area contributed by atoms with Gasteiger partial charge in [0.25, 0.3) is 0 Å². The summed E-state index contributed by atoms with van der Waals surface area (Å²) in [4.78, 5) is 14.5. The van der Waals surface area contributed by atoms with Crippen molar-refractivity contribution in [3.8, 4) is 0 Å². The summed E-state index contributed by atoms with van der Waals surface area (Å²) in [5, 5.41) is 3.16. The van der Waals surface area contributed by atoms with Gasteiger partial charge >= 0.3 is 0 Å². The highest BCUT2D eigenvalue weighted by molar-refractivity contribution is 7.89. The fourth-order valence-corrected chi connectivity index (χ4v) is 4.63. The Labute approximate surface area is 164 Å². The Hall–Kier alpha value is -1.44. The molecule has 1 aliphatic heterocycles. The number of benzene rings is 1. The van der Waals surface area contributed by atoms with Crippen molar-refractivity contribution in [1.29, 1.82) is 0 Å². The fraction of sp³-hybridized carbons (Fsp3) is 0.650. The van der Waals surface area contributed by atoms with Crippen LogP contribution in [0.2, 0.25) is 0 Å². The maximum Gasteiger partial charge on any atom is 0.227 e. The Morgan fingerprint density at radius 2 is 1.78 bits per heavy atom. The molecule has 1 aliphatic rings. The molecule has 0 spiro atoms. The lowest BCUT2D eigenvalue weighted by Crippen LogP contribution is -2.48. The maximum absolute atomic E-state index is 12.8. The first-order chi connectivity index (χ1) is 12.9. The number of sulfonamides is 1. The monoisotopic (exact) mass is 395 g/mol. The summed E-state index contributed by atoms with van der Waals surface area (Å²) < 4.78 is 26.7. The molecule has 1 aromatic rings. The largest absolute Gasteiger partial charge is 0.341 e.